The Morgan fingerprint density at radius 3 is 2.36 bits per heavy atom. The SMILES string of the molecule is Cc1ccc(NC(=O)/C(C#N)=C/c2cc(Br)c(OCc3ccccc3C#N)c(Br)c2)cc1C. The van der Waals surface area contributed by atoms with E-state index in [0.717, 1.165) is 16.7 Å². The molecule has 3 aromatic rings. The first kappa shape index (κ1) is 24.3. The maximum absolute atomic E-state index is 12.6. The van der Waals surface area contributed by atoms with E-state index in [1.54, 1.807) is 30.3 Å². The van der Waals surface area contributed by atoms with Crippen molar-refractivity contribution in [3.63, 3.8) is 0 Å². The van der Waals surface area contributed by atoms with Gasteiger partial charge in [0.15, 0.2) is 0 Å². The number of hydrogen-bond donors (Lipinski definition) is 1. The van der Waals surface area contributed by atoms with E-state index in [1.807, 2.05) is 44.2 Å². The third-order valence-electron chi connectivity index (χ3n) is 4.97. The van der Waals surface area contributed by atoms with Crippen molar-refractivity contribution in [3.05, 3.63) is 96.9 Å². The fraction of sp³-hybridized carbons (Fsp3) is 0.115. The first-order valence-electron chi connectivity index (χ1n) is 9.92. The number of anilines is 1. The molecule has 7 heteroatoms. The van der Waals surface area contributed by atoms with Crippen molar-refractivity contribution in [1.29, 1.82) is 10.5 Å². The minimum Gasteiger partial charge on any atom is -0.486 e. The summed E-state index contributed by atoms with van der Waals surface area (Å²) in [4.78, 5) is 12.6. The maximum Gasteiger partial charge on any atom is 0.266 e. The number of nitriles is 2. The number of amides is 1. The molecule has 0 atom stereocenters. The van der Waals surface area contributed by atoms with Crippen LogP contribution in [0.1, 0.15) is 27.8 Å². The van der Waals surface area contributed by atoms with Crippen LogP contribution >= 0.6 is 31.9 Å². The van der Waals surface area contributed by atoms with Crippen LogP contribution in [0, 0.1) is 36.5 Å². The summed E-state index contributed by atoms with van der Waals surface area (Å²) in [5.74, 6) is 0.0689. The number of ether oxygens (including phenoxy) is 1. The van der Waals surface area contributed by atoms with Crippen LogP contribution in [0.5, 0.6) is 5.75 Å². The van der Waals surface area contributed by atoms with Gasteiger partial charge in [-0.05, 0) is 98.8 Å². The van der Waals surface area contributed by atoms with E-state index in [2.05, 4.69) is 43.2 Å². The predicted octanol–water partition coefficient (Wildman–Crippen LogP) is 6.82. The van der Waals surface area contributed by atoms with Crippen LogP contribution in [0.2, 0.25) is 0 Å². The number of halogens is 2. The molecule has 5 nitrogen and oxygen atoms in total. The van der Waals surface area contributed by atoms with Crippen LogP contribution in [-0.4, -0.2) is 5.91 Å². The molecule has 0 heterocycles. The van der Waals surface area contributed by atoms with Crippen molar-refractivity contribution in [2.24, 2.45) is 0 Å². The predicted molar refractivity (Wildman–Crippen MR) is 135 cm³/mol. The van der Waals surface area contributed by atoms with Crippen LogP contribution in [0.15, 0.2) is 69.1 Å². The van der Waals surface area contributed by atoms with E-state index in [-0.39, 0.29) is 12.2 Å². The van der Waals surface area contributed by atoms with Crippen molar-refractivity contribution in [2.45, 2.75) is 20.5 Å². The van der Waals surface area contributed by atoms with E-state index in [9.17, 15) is 15.3 Å². The fourth-order valence-electron chi connectivity index (χ4n) is 3.04. The van der Waals surface area contributed by atoms with E-state index < -0.39 is 5.91 Å². The Bertz CT molecular complexity index is 1310. The number of hydrogen-bond acceptors (Lipinski definition) is 4. The molecule has 0 spiro atoms. The number of nitrogens with one attached hydrogen (secondary N) is 1. The van der Waals surface area contributed by atoms with Crippen LogP contribution in [-0.2, 0) is 11.4 Å². The standard InChI is InChI=1S/C26H19Br2N3O2/c1-16-7-8-22(9-17(16)2)31-26(32)21(14-30)10-18-11-23(27)25(24(28)12-18)33-15-20-6-4-3-5-19(20)13-29/h3-12H,15H2,1-2H3,(H,31,32)/b21-10+. The molecule has 0 saturated carbocycles. The first-order chi connectivity index (χ1) is 15.8. The molecule has 3 aromatic carbocycles. The second-order valence-corrected chi connectivity index (χ2v) is 9.00. The molecule has 164 valence electrons. The number of nitrogens with zero attached hydrogens (tertiary/aromatic N) is 2. The van der Waals surface area contributed by atoms with Gasteiger partial charge < -0.3 is 10.1 Å². The smallest absolute Gasteiger partial charge is 0.266 e. The average Bonchev–Trinajstić information content (AvgIpc) is 2.79. The topological polar surface area (TPSA) is 85.9 Å². The molecule has 0 aliphatic carbocycles. The van der Waals surface area contributed by atoms with Gasteiger partial charge in [0.2, 0.25) is 0 Å². The Morgan fingerprint density at radius 1 is 1.03 bits per heavy atom. The molecule has 0 saturated heterocycles. The number of rotatable bonds is 6. The molecular formula is C26H19Br2N3O2. The highest BCUT2D eigenvalue weighted by atomic mass is 79.9. The lowest BCUT2D eigenvalue weighted by atomic mass is 10.1. The van der Waals surface area contributed by atoms with Crippen LogP contribution in [0.25, 0.3) is 6.08 Å². The van der Waals surface area contributed by atoms with E-state index in [4.69, 9.17) is 4.74 Å². The van der Waals surface area contributed by atoms with Crippen LogP contribution in [0.3, 0.4) is 0 Å². The normalized spacial score (nSPS) is 10.8. The number of carbonyl (C=O) groups excluding carboxylic acids is 1. The third-order valence-corrected chi connectivity index (χ3v) is 6.15. The second kappa shape index (κ2) is 11.0. The Balaban J connectivity index is 1.79. The zero-order chi connectivity index (χ0) is 24.0. The lowest BCUT2D eigenvalue weighted by molar-refractivity contribution is -0.112. The van der Waals surface area contributed by atoms with E-state index in [0.29, 0.717) is 31.5 Å². The molecule has 33 heavy (non-hydrogen) atoms. The highest BCUT2D eigenvalue weighted by molar-refractivity contribution is 9.11. The summed E-state index contributed by atoms with van der Waals surface area (Å²) in [6, 6.07) is 20.5. The number of aryl methyl sites for hydroxylation is 2. The second-order valence-electron chi connectivity index (χ2n) is 7.29. The van der Waals surface area contributed by atoms with Gasteiger partial charge in [-0.15, -0.1) is 0 Å². The third kappa shape index (κ3) is 6.10. The van der Waals surface area contributed by atoms with Gasteiger partial charge in [0.05, 0.1) is 20.6 Å². The van der Waals surface area contributed by atoms with Gasteiger partial charge in [-0.2, -0.15) is 10.5 Å². The summed E-state index contributed by atoms with van der Waals surface area (Å²) in [5, 5.41) is 21.5. The number of carbonyl (C=O) groups is 1. The molecule has 0 aliphatic rings. The van der Waals surface area contributed by atoms with Crippen molar-refractivity contribution in [1.82, 2.24) is 0 Å². The molecule has 0 aromatic heterocycles. The van der Waals surface area contributed by atoms with Crippen molar-refractivity contribution in [2.75, 3.05) is 5.32 Å². The highest BCUT2D eigenvalue weighted by Gasteiger charge is 2.14. The lowest BCUT2D eigenvalue weighted by Crippen LogP contribution is -2.13. The van der Waals surface area contributed by atoms with E-state index in [1.165, 1.54) is 6.08 Å². The average molecular weight is 565 g/mol. The summed E-state index contributed by atoms with van der Waals surface area (Å²) < 4.78 is 7.21. The summed E-state index contributed by atoms with van der Waals surface area (Å²) in [7, 11) is 0. The van der Waals surface area contributed by atoms with Crippen LogP contribution in [0.4, 0.5) is 5.69 Å². The van der Waals surface area contributed by atoms with Crippen molar-refractivity contribution >= 4 is 49.5 Å². The van der Waals surface area contributed by atoms with Crippen molar-refractivity contribution in [3.8, 4) is 17.9 Å². The molecule has 0 radical (unpaired) electrons. The molecule has 0 unspecified atom stereocenters. The molecule has 1 amide bonds. The Hall–Kier alpha value is -3.39. The van der Waals surface area contributed by atoms with Crippen LogP contribution < -0.4 is 10.1 Å². The van der Waals surface area contributed by atoms with Gasteiger partial charge in [0.1, 0.15) is 24.0 Å². The summed E-state index contributed by atoms with van der Waals surface area (Å²) in [6.45, 7) is 4.18. The largest absolute Gasteiger partial charge is 0.486 e. The zero-order valence-electron chi connectivity index (χ0n) is 17.9. The zero-order valence-corrected chi connectivity index (χ0v) is 21.1. The highest BCUT2D eigenvalue weighted by Crippen LogP contribution is 2.36. The molecule has 0 fully saturated rings. The Morgan fingerprint density at radius 2 is 1.73 bits per heavy atom. The Labute approximate surface area is 209 Å². The molecule has 1 N–H and O–H groups in total. The van der Waals surface area contributed by atoms with Gasteiger partial charge in [-0.3, -0.25) is 4.79 Å². The van der Waals surface area contributed by atoms with Gasteiger partial charge in [0, 0.05) is 11.3 Å². The summed E-state index contributed by atoms with van der Waals surface area (Å²) >= 11 is 6.98. The van der Waals surface area contributed by atoms with Gasteiger partial charge in [-0.1, -0.05) is 24.3 Å². The van der Waals surface area contributed by atoms with Gasteiger partial charge >= 0.3 is 0 Å². The molecule has 0 aliphatic heterocycles. The fourth-order valence-corrected chi connectivity index (χ4v) is 4.49. The number of benzene rings is 3. The quantitative estimate of drug-likeness (QED) is 0.263. The molecule has 3 rings (SSSR count). The summed E-state index contributed by atoms with van der Waals surface area (Å²) in [5.41, 5.74) is 4.76. The monoisotopic (exact) mass is 563 g/mol. The Kier molecular flexibility index (Phi) is 8.06. The summed E-state index contributed by atoms with van der Waals surface area (Å²) in [6.07, 6.45) is 1.51. The van der Waals surface area contributed by atoms with Gasteiger partial charge in [0.25, 0.3) is 5.91 Å². The molecule has 0 bridgehead atoms. The maximum atomic E-state index is 12.6. The minimum atomic E-state index is -0.485. The van der Waals surface area contributed by atoms with Gasteiger partial charge in [-0.25, -0.2) is 0 Å². The minimum absolute atomic E-state index is 0.0244. The van der Waals surface area contributed by atoms with Crippen molar-refractivity contribution < 1.29 is 9.53 Å². The van der Waals surface area contributed by atoms with E-state index >= 15 is 0 Å². The molecular weight excluding hydrogens is 546 g/mol. The lowest BCUT2D eigenvalue weighted by Gasteiger charge is -2.12. The first-order valence-corrected chi connectivity index (χ1v) is 11.5.